The summed E-state index contributed by atoms with van der Waals surface area (Å²) < 4.78 is 6.06. The van der Waals surface area contributed by atoms with Gasteiger partial charge in [-0.25, -0.2) is 0 Å². The van der Waals surface area contributed by atoms with Gasteiger partial charge in [-0.05, 0) is 35.7 Å². The van der Waals surface area contributed by atoms with Gasteiger partial charge in [-0.3, -0.25) is 0 Å². The van der Waals surface area contributed by atoms with Gasteiger partial charge in [0.25, 0.3) is 0 Å². The second-order valence-electron chi connectivity index (χ2n) is 6.37. The van der Waals surface area contributed by atoms with Crippen LogP contribution in [0.5, 0.6) is 0 Å². The predicted octanol–water partition coefficient (Wildman–Crippen LogP) is 1.60. The zero-order chi connectivity index (χ0) is 18.2. The fourth-order valence-electron chi connectivity index (χ4n) is 3.21. The molecule has 0 saturated carbocycles. The summed E-state index contributed by atoms with van der Waals surface area (Å²) in [5, 5.41) is 41.0. The maximum Gasteiger partial charge on any atom is 0.146 e. The van der Waals surface area contributed by atoms with Crippen LogP contribution in [-0.4, -0.2) is 52.0 Å². The number of aliphatic hydroxyl groups is 4. The highest BCUT2D eigenvalue weighted by molar-refractivity contribution is 7.16. The molecule has 1 aliphatic rings. The average Bonchev–Trinajstić information content (AvgIpc) is 3.00. The second-order valence-corrected chi connectivity index (χ2v) is 8.17. The molecule has 0 bridgehead atoms. The Morgan fingerprint density at radius 1 is 1.28 bits per heavy atom. The molecule has 0 unspecified atom stereocenters. The summed E-state index contributed by atoms with van der Waals surface area (Å²) in [4.78, 5) is 1.08. The molecule has 136 valence electrons. The first kappa shape index (κ1) is 18.8. The summed E-state index contributed by atoms with van der Waals surface area (Å²) in [6, 6.07) is 9.11. The number of hydrogen-bond donors (Lipinski definition) is 4. The van der Waals surface area contributed by atoms with Crippen molar-refractivity contribution in [2.75, 3.05) is 13.2 Å². The lowest BCUT2D eigenvalue weighted by molar-refractivity contribution is -0.255. The minimum absolute atomic E-state index is 0.138. The minimum Gasteiger partial charge on any atom is -0.394 e. The van der Waals surface area contributed by atoms with Crippen LogP contribution in [0.1, 0.15) is 21.6 Å². The van der Waals surface area contributed by atoms with Crippen molar-refractivity contribution in [3.63, 3.8) is 0 Å². The van der Waals surface area contributed by atoms with Crippen molar-refractivity contribution in [2.24, 2.45) is 0 Å². The Morgan fingerprint density at radius 3 is 2.68 bits per heavy atom. The first-order valence-corrected chi connectivity index (χ1v) is 9.21. The van der Waals surface area contributed by atoms with Gasteiger partial charge in [-0.15, -0.1) is 11.3 Å². The van der Waals surface area contributed by atoms with Crippen molar-refractivity contribution < 1.29 is 25.2 Å². The molecule has 7 heteroatoms. The summed E-state index contributed by atoms with van der Waals surface area (Å²) in [5.74, 6) is 0. The maximum atomic E-state index is 11.1. The maximum absolute atomic E-state index is 11.1. The molecule has 0 spiro atoms. The van der Waals surface area contributed by atoms with E-state index in [1.807, 2.05) is 25.1 Å². The predicted molar refractivity (Wildman–Crippen MR) is 96.1 cm³/mol. The standard InChI is InChI=1S/C18H21ClO5S/c1-10-2-3-12(6-11(10)7-13-4-5-16(19)25-13)18(23)15(8-20)24-9-14(21)17(18)22/h2-6,14-15,17,20-23H,7-9H2,1H3/t14-,15+,17+,18-/m0/s1. The SMILES string of the molecule is Cc1ccc([C@@]2(O)[C@H](O)[C@@H](O)CO[C@@H]2CO)cc1Cc1ccc(Cl)s1. The van der Waals surface area contributed by atoms with Crippen LogP contribution in [0.4, 0.5) is 0 Å². The fourth-order valence-corrected chi connectivity index (χ4v) is 4.32. The van der Waals surface area contributed by atoms with E-state index in [4.69, 9.17) is 16.3 Å². The summed E-state index contributed by atoms with van der Waals surface area (Å²) in [6.45, 7) is 1.36. The molecule has 1 aromatic heterocycles. The first-order chi connectivity index (χ1) is 11.9. The van der Waals surface area contributed by atoms with Crippen LogP contribution in [-0.2, 0) is 16.8 Å². The van der Waals surface area contributed by atoms with Gasteiger partial charge in [0.2, 0.25) is 0 Å². The fraction of sp³-hybridized carbons (Fsp3) is 0.444. The Labute approximate surface area is 155 Å². The summed E-state index contributed by atoms with van der Waals surface area (Å²) >= 11 is 7.47. The van der Waals surface area contributed by atoms with Crippen LogP contribution in [0.15, 0.2) is 30.3 Å². The van der Waals surface area contributed by atoms with E-state index in [1.54, 1.807) is 12.1 Å². The van der Waals surface area contributed by atoms with E-state index in [2.05, 4.69) is 0 Å². The summed E-state index contributed by atoms with van der Waals surface area (Å²) in [7, 11) is 0. The minimum atomic E-state index is -1.89. The third-order valence-electron chi connectivity index (χ3n) is 4.75. The highest BCUT2D eigenvalue weighted by Gasteiger charge is 2.52. The van der Waals surface area contributed by atoms with E-state index >= 15 is 0 Å². The molecule has 0 amide bonds. The Balaban J connectivity index is 1.99. The van der Waals surface area contributed by atoms with E-state index in [-0.39, 0.29) is 6.61 Å². The molecule has 4 N–H and O–H groups in total. The number of aryl methyl sites for hydroxylation is 1. The number of benzene rings is 1. The molecule has 2 aromatic rings. The van der Waals surface area contributed by atoms with Gasteiger partial charge in [0, 0.05) is 11.3 Å². The van der Waals surface area contributed by atoms with Crippen molar-refractivity contribution in [1.29, 1.82) is 0 Å². The number of aliphatic hydroxyl groups excluding tert-OH is 3. The lowest BCUT2D eigenvalue weighted by atomic mass is 9.78. The molecule has 2 heterocycles. The largest absolute Gasteiger partial charge is 0.394 e. The topological polar surface area (TPSA) is 90.2 Å². The highest BCUT2D eigenvalue weighted by Crippen LogP contribution is 2.37. The van der Waals surface area contributed by atoms with Gasteiger partial charge in [0.05, 0.1) is 17.6 Å². The van der Waals surface area contributed by atoms with Crippen LogP contribution in [0.3, 0.4) is 0 Å². The van der Waals surface area contributed by atoms with Crippen molar-refractivity contribution in [3.05, 3.63) is 56.2 Å². The molecule has 0 aliphatic carbocycles. The first-order valence-electron chi connectivity index (χ1n) is 8.01. The second kappa shape index (κ2) is 7.32. The highest BCUT2D eigenvalue weighted by atomic mass is 35.5. The van der Waals surface area contributed by atoms with E-state index in [0.717, 1.165) is 16.0 Å². The number of halogens is 1. The molecular formula is C18H21ClO5S. The van der Waals surface area contributed by atoms with Crippen LogP contribution in [0.25, 0.3) is 0 Å². The van der Waals surface area contributed by atoms with E-state index in [9.17, 15) is 20.4 Å². The summed E-state index contributed by atoms with van der Waals surface area (Å²) in [6.07, 6.45) is -3.06. The lowest BCUT2D eigenvalue weighted by Gasteiger charge is -2.45. The number of ether oxygens (including phenoxy) is 1. The third kappa shape index (κ3) is 3.48. The summed E-state index contributed by atoms with van der Waals surface area (Å²) in [5.41, 5.74) is 0.515. The monoisotopic (exact) mass is 384 g/mol. The number of rotatable bonds is 4. The molecule has 0 radical (unpaired) electrons. The van der Waals surface area contributed by atoms with Crippen molar-refractivity contribution in [3.8, 4) is 0 Å². The Kier molecular flexibility index (Phi) is 5.51. The molecular weight excluding hydrogens is 364 g/mol. The zero-order valence-electron chi connectivity index (χ0n) is 13.7. The Morgan fingerprint density at radius 2 is 2.04 bits per heavy atom. The number of thiophene rings is 1. The van der Waals surface area contributed by atoms with Crippen molar-refractivity contribution in [1.82, 2.24) is 0 Å². The van der Waals surface area contributed by atoms with Crippen molar-refractivity contribution in [2.45, 2.75) is 37.3 Å². The molecule has 1 aromatic carbocycles. The van der Waals surface area contributed by atoms with Gasteiger partial charge in [-0.1, -0.05) is 29.8 Å². The third-order valence-corrected chi connectivity index (χ3v) is 5.98. The average molecular weight is 385 g/mol. The molecule has 4 atom stereocenters. The van der Waals surface area contributed by atoms with Crippen LogP contribution >= 0.6 is 22.9 Å². The van der Waals surface area contributed by atoms with Gasteiger partial charge < -0.3 is 25.2 Å². The van der Waals surface area contributed by atoms with Crippen LogP contribution < -0.4 is 0 Å². The van der Waals surface area contributed by atoms with E-state index in [0.29, 0.717) is 16.3 Å². The van der Waals surface area contributed by atoms with Gasteiger partial charge in [0.1, 0.15) is 23.9 Å². The quantitative estimate of drug-likeness (QED) is 0.643. The normalized spacial score (nSPS) is 29.8. The van der Waals surface area contributed by atoms with Crippen LogP contribution in [0.2, 0.25) is 4.34 Å². The molecule has 1 fully saturated rings. The van der Waals surface area contributed by atoms with E-state index < -0.39 is 30.5 Å². The molecule has 1 saturated heterocycles. The van der Waals surface area contributed by atoms with Gasteiger partial charge in [0.15, 0.2) is 0 Å². The Hall–Kier alpha value is -0.990. The van der Waals surface area contributed by atoms with Crippen molar-refractivity contribution >= 4 is 22.9 Å². The Bertz CT molecular complexity index is 745. The van der Waals surface area contributed by atoms with E-state index in [1.165, 1.54) is 11.3 Å². The lowest BCUT2D eigenvalue weighted by Crippen LogP contribution is -2.61. The number of hydrogen-bond acceptors (Lipinski definition) is 6. The van der Waals surface area contributed by atoms with Gasteiger partial charge in [-0.2, -0.15) is 0 Å². The molecule has 1 aliphatic heterocycles. The molecule has 25 heavy (non-hydrogen) atoms. The smallest absolute Gasteiger partial charge is 0.146 e. The zero-order valence-corrected chi connectivity index (χ0v) is 15.3. The molecule has 3 rings (SSSR count). The van der Waals surface area contributed by atoms with Gasteiger partial charge >= 0.3 is 0 Å². The van der Waals surface area contributed by atoms with Crippen LogP contribution in [0, 0.1) is 6.92 Å². The molecule has 5 nitrogen and oxygen atoms in total.